The first-order valence-electron chi connectivity index (χ1n) is 12.5. The Morgan fingerprint density at radius 3 is 2.40 bits per heavy atom. The summed E-state index contributed by atoms with van der Waals surface area (Å²) in [5.41, 5.74) is 0.884. The Morgan fingerprint density at radius 2 is 1.77 bits per heavy atom. The molecule has 1 saturated carbocycles. The maximum absolute atomic E-state index is 13.3. The van der Waals surface area contributed by atoms with Crippen molar-refractivity contribution in [1.82, 2.24) is 9.88 Å². The molecule has 1 fully saturated rings. The highest BCUT2D eigenvalue weighted by Crippen LogP contribution is 2.35. The Balaban J connectivity index is 0.00000441. The van der Waals surface area contributed by atoms with Gasteiger partial charge < -0.3 is 30.0 Å². The summed E-state index contributed by atoms with van der Waals surface area (Å²) in [5.74, 6) is -2.02. The van der Waals surface area contributed by atoms with Crippen LogP contribution in [0.4, 0.5) is 17.2 Å². The van der Waals surface area contributed by atoms with Gasteiger partial charge in [-0.3, -0.25) is 19.2 Å². The number of rotatable bonds is 8. The van der Waals surface area contributed by atoms with E-state index >= 15 is 0 Å². The van der Waals surface area contributed by atoms with Crippen molar-refractivity contribution in [2.75, 3.05) is 36.7 Å². The van der Waals surface area contributed by atoms with Gasteiger partial charge in [0.15, 0.2) is 6.61 Å². The number of carbonyl (C=O) groups is 4. The van der Waals surface area contributed by atoms with E-state index in [9.17, 15) is 19.2 Å². The SMILES string of the molecule is CC(=O)OCC(=O)Nc1ccc2oc(C(=O)Nc3ccc(Cl)cn3)c(NC(=O)C3CCC(N(C)C)CC3)c2c1.Cl. The summed E-state index contributed by atoms with van der Waals surface area (Å²) in [4.78, 5) is 56.0. The Kier molecular flexibility index (Phi) is 10.5. The number of hydrogen-bond acceptors (Lipinski definition) is 8. The number of anilines is 3. The molecule has 13 heteroatoms. The molecule has 0 bridgehead atoms. The normalized spacial score (nSPS) is 16.6. The van der Waals surface area contributed by atoms with E-state index in [4.69, 9.17) is 20.8 Å². The molecule has 40 heavy (non-hydrogen) atoms. The molecular formula is C27H31Cl2N5O6. The van der Waals surface area contributed by atoms with Crippen LogP contribution in [0.5, 0.6) is 0 Å². The van der Waals surface area contributed by atoms with Gasteiger partial charge in [-0.25, -0.2) is 4.98 Å². The lowest BCUT2D eigenvalue weighted by Crippen LogP contribution is -2.35. The molecule has 2 heterocycles. The first-order chi connectivity index (χ1) is 18.6. The lowest BCUT2D eigenvalue weighted by molar-refractivity contribution is -0.144. The van der Waals surface area contributed by atoms with E-state index in [2.05, 4.69) is 25.8 Å². The number of nitrogens with zero attached hydrogens (tertiary/aromatic N) is 2. The second-order valence-corrected chi connectivity index (χ2v) is 10.1. The Bertz CT molecular complexity index is 1380. The number of amides is 3. The second kappa shape index (κ2) is 13.6. The van der Waals surface area contributed by atoms with E-state index in [1.807, 2.05) is 14.1 Å². The fourth-order valence-corrected chi connectivity index (χ4v) is 4.64. The third-order valence-corrected chi connectivity index (χ3v) is 6.82. The van der Waals surface area contributed by atoms with Crippen molar-refractivity contribution >= 4 is 75.9 Å². The topological polar surface area (TPSA) is 143 Å². The number of halogens is 2. The molecule has 1 aromatic carbocycles. The van der Waals surface area contributed by atoms with Gasteiger partial charge in [0.05, 0.1) is 5.02 Å². The summed E-state index contributed by atoms with van der Waals surface area (Å²) in [6, 6.07) is 8.29. The molecule has 3 amide bonds. The van der Waals surface area contributed by atoms with Crippen LogP contribution in [0.15, 0.2) is 40.9 Å². The molecule has 1 aliphatic carbocycles. The molecule has 0 atom stereocenters. The number of hydrogen-bond donors (Lipinski definition) is 3. The van der Waals surface area contributed by atoms with Crippen LogP contribution in [0, 0.1) is 5.92 Å². The Labute approximate surface area is 242 Å². The van der Waals surface area contributed by atoms with E-state index in [1.54, 1.807) is 30.3 Å². The molecule has 214 valence electrons. The number of esters is 1. The number of nitrogens with one attached hydrogen (secondary N) is 3. The summed E-state index contributed by atoms with van der Waals surface area (Å²) in [5, 5.41) is 9.04. The van der Waals surface area contributed by atoms with Crippen molar-refractivity contribution in [3.05, 3.63) is 47.3 Å². The number of carbonyl (C=O) groups excluding carboxylic acids is 4. The van der Waals surface area contributed by atoms with Crippen LogP contribution in [0.3, 0.4) is 0 Å². The van der Waals surface area contributed by atoms with Crippen molar-refractivity contribution in [2.45, 2.75) is 38.6 Å². The quantitative estimate of drug-likeness (QED) is 0.319. The van der Waals surface area contributed by atoms with Gasteiger partial charge in [0.2, 0.25) is 11.7 Å². The van der Waals surface area contributed by atoms with Gasteiger partial charge in [0, 0.05) is 36.2 Å². The van der Waals surface area contributed by atoms with Gasteiger partial charge in [-0.05, 0) is 70.1 Å². The largest absolute Gasteiger partial charge is 0.456 e. The van der Waals surface area contributed by atoms with Gasteiger partial charge in [0.1, 0.15) is 17.1 Å². The van der Waals surface area contributed by atoms with E-state index < -0.39 is 24.4 Å². The maximum Gasteiger partial charge on any atom is 0.303 e. The van der Waals surface area contributed by atoms with Gasteiger partial charge in [-0.15, -0.1) is 12.4 Å². The molecule has 1 aliphatic rings. The lowest BCUT2D eigenvalue weighted by atomic mass is 9.85. The lowest BCUT2D eigenvalue weighted by Gasteiger charge is -2.31. The average molecular weight is 592 g/mol. The molecule has 0 spiro atoms. The van der Waals surface area contributed by atoms with Gasteiger partial charge in [-0.2, -0.15) is 0 Å². The van der Waals surface area contributed by atoms with Crippen molar-refractivity contribution in [3.63, 3.8) is 0 Å². The van der Waals surface area contributed by atoms with Crippen molar-refractivity contribution in [1.29, 1.82) is 0 Å². The fraction of sp³-hybridized carbons (Fsp3) is 0.370. The minimum Gasteiger partial charge on any atom is -0.456 e. The molecule has 3 N–H and O–H groups in total. The van der Waals surface area contributed by atoms with Crippen molar-refractivity contribution in [3.8, 4) is 0 Å². The Morgan fingerprint density at radius 1 is 1.05 bits per heavy atom. The van der Waals surface area contributed by atoms with Crippen LogP contribution in [-0.2, 0) is 19.1 Å². The highest BCUT2D eigenvalue weighted by atomic mass is 35.5. The predicted molar refractivity (Wildman–Crippen MR) is 154 cm³/mol. The maximum atomic E-state index is 13.3. The van der Waals surface area contributed by atoms with Crippen LogP contribution in [0.1, 0.15) is 43.2 Å². The predicted octanol–water partition coefficient (Wildman–Crippen LogP) is 4.72. The zero-order valence-electron chi connectivity index (χ0n) is 22.3. The number of benzene rings is 1. The molecule has 0 unspecified atom stereocenters. The van der Waals surface area contributed by atoms with Crippen LogP contribution in [0.25, 0.3) is 11.0 Å². The molecule has 3 aromatic rings. The first-order valence-corrected chi connectivity index (χ1v) is 12.9. The molecule has 4 rings (SSSR count). The zero-order valence-corrected chi connectivity index (χ0v) is 23.9. The summed E-state index contributed by atoms with van der Waals surface area (Å²) < 4.78 is 10.6. The third-order valence-electron chi connectivity index (χ3n) is 6.60. The summed E-state index contributed by atoms with van der Waals surface area (Å²) >= 11 is 5.89. The number of ether oxygens (including phenoxy) is 1. The number of furan rings is 1. The standard InChI is InChI=1S/C27H30ClN5O6.ClH/c1-15(34)38-14-23(35)30-18-7-10-21-20(12-18)24(32-26(36)16-4-8-19(9-5-16)33(2)3)25(39-21)27(37)31-22-11-6-17(28)13-29-22;/h6-7,10-13,16,19H,4-5,8-9,14H2,1-3H3,(H,30,35)(H,32,36)(H,29,31,37);1H. The minimum atomic E-state index is -0.618. The number of aromatic nitrogens is 1. The smallest absolute Gasteiger partial charge is 0.303 e. The molecular weight excluding hydrogens is 561 g/mol. The summed E-state index contributed by atoms with van der Waals surface area (Å²) in [6.07, 6.45) is 4.63. The fourth-order valence-electron chi connectivity index (χ4n) is 4.53. The van der Waals surface area contributed by atoms with Gasteiger partial charge >= 0.3 is 5.97 Å². The van der Waals surface area contributed by atoms with E-state index in [0.717, 1.165) is 25.7 Å². The van der Waals surface area contributed by atoms with E-state index in [-0.39, 0.29) is 41.5 Å². The van der Waals surface area contributed by atoms with Crippen LogP contribution >= 0.6 is 24.0 Å². The zero-order chi connectivity index (χ0) is 28.1. The van der Waals surface area contributed by atoms with Crippen molar-refractivity contribution in [2.24, 2.45) is 5.92 Å². The Hall–Kier alpha value is -3.67. The highest BCUT2D eigenvalue weighted by Gasteiger charge is 2.30. The van der Waals surface area contributed by atoms with E-state index in [0.29, 0.717) is 27.7 Å². The summed E-state index contributed by atoms with van der Waals surface area (Å²) in [7, 11) is 4.07. The monoisotopic (exact) mass is 591 g/mol. The number of fused-ring (bicyclic) bond motifs is 1. The average Bonchev–Trinajstić information content (AvgIpc) is 3.26. The van der Waals surface area contributed by atoms with Crippen molar-refractivity contribution < 1.29 is 28.3 Å². The molecule has 2 aromatic heterocycles. The molecule has 0 aliphatic heterocycles. The second-order valence-electron chi connectivity index (χ2n) is 9.62. The molecule has 0 saturated heterocycles. The van der Waals surface area contributed by atoms with Crippen LogP contribution < -0.4 is 16.0 Å². The van der Waals surface area contributed by atoms with Gasteiger partial charge in [-0.1, -0.05) is 11.6 Å². The first kappa shape index (κ1) is 30.9. The highest BCUT2D eigenvalue weighted by molar-refractivity contribution is 6.30. The summed E-state index contributed by atoms with van der Waals surface area (Å²) in [6.45, 7) is 0.762. The number of pyridine rings is 1. The van der Waals surface area contributed by atoms with Crippen LogP contribution in [-0.4, -0.2) is 60.3 Å². The van der Waals surface area contributed by atoms with Gasteiger partial charge in [0.25, 0.3) is 11.8 Å². The minimum absolute atomic E-state index is 0. The van der Waals surface area contributed by atoms with Crippen LogP contribution in [0.2, 0.25) is 5.02 Å². The molecule has 0 radical (unpaired) electrons. The third kappa shape index (κ3) is 7.71. The van der Waals surface area contributed by atoms with E-state index in [1.165, 1.54) is 13.1 Å². The molecule has 11 nitrogen and oxygen atoms in total.